The number of nitrogens with zero attached hydrogens (tertiary/aromatic N) is 1. The molecule has 0 aliphatic carbocycles. The van der Waals surface area contributed by atoms with Gasteiger partial charge in [0.2, 0.25) is 5.91 Å². The second-order valence-corrected chi connectivity index (χ2v) is 4.63. The number of carbonyl (C=O) groups is 1. The van der Waals surface area contributed by atoms with Crippen LogP contribution in [0.4, 0.5) is 0 Å². The van der Waals surface area contributed by atoms with Crippen molar-refractivity contribution in [3.05, 3.63) is 22.4 Å². The molecule has 0 bridgehead atoms. The molecule has 1 aromatic heterocycles. The van der Waals surface area contributed by atoms with E-state index in [0.29, 0.717) is 6.42 Å². The Kier molecular flexibility index (Phi) is 4.29. The third kappa shape index (κ3) is 2.79. The van der Waals surface area contributed by atoms with Crippen molar-refractivity contribution in [2.45, 2.75) is 32.4 Å². The Balaban J connectivity index is 2.68. The number of carbonyl (C=O) groups excluding carboxylic acids is 1. The van der Waals surface area contributed by atoms with Crippen LogP contribution < -0.4 is 5.73 Å². The third-order valence-electron chi connectivity index (χ3n) is 2.64. The van der Waals surface area contributed by atoms with Crippen LogP contribution in [0.5, 0.6) is 0 Å². The van der Waals surface area contributed by atoms with Gasteiger partial charge in [-0.15, -0.1) is 11.3 Å². The van der Waals surface area contributed by atoms with E-state index in [0.717, 1.165) is 0 Å². The summed E-state index contributed by atoms with van der Waals surface area (Å²) in [7, 11) is 1.81. The van der Waals surface area contributed by atoms with E-state index in [9.17, 15) is 4.79 Å². The molecular weight excluding hydrogens is 208 g/mol. The first-order valence-corrected chi connectivity index (χ1v) is 6.01. The summed E-state index contributed by atoms with van der Waals surface area (Å²) in [5.41, 5.74) is 5.72. The highest BCUT2D eigenvalue weighted by atomic mass is 32.1. The van der Waals surface area contributed by atoms with Gasteiger partial charge in [0.25, 0.3) is 0 Å². The van der Waals surface area contributed by atoms with Crippen molar-refractivity contribution in [3.8, 4) is 0 Å². The first-order valence-electron chi connectivity index (χ1n) is 5.13. The molecule has 0 fully saturated rings. The first kappa shape index (κ1) is 12.2. The number of hydrogen-bond donors (Lipinski definition) is 1. The molecule has 0 saturated carbocycles. The average molecular weight is 226 g/mol. The Morgan fingerprint density at radius 2 is 2.33 bits per heavy atom. The van der Waals surface area contributed by atoms with Gasteiger partial charge in [0, 0.05) is 11.9 Å². The SMILES string of the molecule is CC[C@H](N)C(=O)N(C)C(C)c1cccs1. The van der Waals surface area contributed by atoms with Crippen LogP contribution in [0.1, 0.15) is 31.2 Å². The van der Waals surface area contributed by atoms with Gasteiger partial charge in [-0.05, 0) is 24.8 Å². The largest absolute Gasteiger partial charge is 0.337 e. The fourth-order valence-electron chi connectivity index (χ4n) is 1.35. The zero-order valence-corrected chi connectivity index (χ0v) is 10.3. The molecule has 1 unspecified atom stereocenters. The number of rotatable bonds is 4. The predicted molar refractivity (Wildman–Crippen MR) is 63.8 cm³/mol. The number of nitrogens with two attached hydrogens (primary N) is 1. The van der Waals surface area contributed by atoms with Gasteiger partial charge in [0.1, 0.15) is 0 Å². The van der Waals surface area contributed by atoms with Crippen molar-refractivity contribution in [3.63, 3.8) is 0 Å². The lowest BCUT2D eigenvalue weighted by Crippen LogP contribution is -2.42. The van der Waals surface area contributed by atoms with Gasteiger partial charge in [-0.2, -0.15) is 0 Å². The van der Waals surface area contributed by atoms with Crippen LogP contribution in [0.15, 0.2) is 17.5 Å². The van der Waals surface area contributed by atoms with Crippen LogP contribution in [0.3, 0.4) is 0 Å². The topological polar surface area (TPSA) is 46.3 Å². The summed E-state index contributed by atoms with van der Waals surface area (Å²) in [6.07, 6.45) is 0.681. The van der Waals surface area contributed by atoms with Gasteiger partial charge in [0.05, 0.1) is 12.1 Å². The quantitative estimate of drug-likeness (QED) is 0.853. The fraction of sp³-hybridized carbons (Fsp3) is 0.545. The van der Waals surface area contributed by atoms with Gasteiger partial charge < -0.3 is 10.6 Å². The van der Waals surface area contributed by atoms with Crippen molar-refractivity contribution in [2.24, 2.45) is 5.73 Å². The summed E-state index contributed by atoms with van der Waals surface area (Å²) in [6.45, 7) is 3.94. The van der Waals surface area contributed by atoms with Gasteiger partial charge in [0.15, 0.2) is 0 Å². The van der Waals surface area contributed by atoms with Crippen molar-refractivity contribution in [2.75, 3.05) is 7.05 Å². The Morgan fingerprint density at radius 3 is 2.80 bits per heavy atom. The Morgan fingerprint density at radius 1 is 1.67 bits per heavy atom. The zero-order valence-electron chi connectivity index (χ0n) is 9.43. The fourth-order valence-corrected chi connectivity index (χ4v) is 2.17. The normalized spacial score (nSPS) is 14.7. The summed E-state index contributed by atoms with van der Waals surface area (Å²) in [4.78, 5) is 14.7. The molecule has 3 nitrogen and oxygen atoms in total. The maximum absolute atomic E-state index is 11.8. The first-order chi connectivity index (χ1) is 7.07. The molecule has 2 atom stereocenters. The molecule has 0 aliphatic rings. The van der Waals surface area contributed by atoms with E-state index in [2.05, 4.69) is 0 Å². The molecule has 2 N–H and O–H groups in total. The predicted octanol–water partition coefficient (Wildman–Crippen LogP) is 2.00. The van der Waals surface area contributed by atoms with Crippen LogP contribution in [0.25, 0.3) is 0 Å². The second-order valence-electron chi connectivity index (χ2n) is 3.66. The third-order valence-corrected chi connectivity index (χ3v) is 3.68. The molecule has 1 heterocycles. The van der Waals surface area contributed by atoms with E-state index in [4.69, 9.17) is 5.73 Å². The lowest BCUT2D eigenvalue weighted by Gasteiger charge is -2.26. The minimum absolute atomic E-state index is 0.0124. The maximum atomic E-state index is 11.8. The standard InChI is InChI=1S/C11H18N2OS/c1-4-9(12)11(14)13(3)8(2)10-6-5-7-15-10/h5-9H,4,12H2,1-3H3/t8?,9-/m0/s1. The van der Waals surface area contributed by atoms with Crippen LogP contribution >= 0.6 is 11.3 Å². The molecule has 0 aromatic carbocycles. The lowest BCUT2D eigenvalue weighted by molar-refractivity contribution is -0.133. The summed E-state index contributed by atoms with van der Waals surface area (Å²) < 4.78 is 0. The van der Waals surface area contributed by atoms with Gasteiger partial charge in [-0.1, -0.05) is 13.0 Å². The zero-order chi connectivity index (χ0) is 11.4. The van der Waals surface area contributed by atoms with E-state index in [-0.39, 0.29) is 18.0 Å². The number of amides is 1. The highest BCUT2D eigenvalue weighted by Gasteiger charge is 2.21. The molecule has 1 rings (SSSR count). The van der Waals surface area contributed by atoms with E-state index in [1.165, 1.54) is 4.88 Å². The minimum atomic E-state index is -0.377. The summed E-state index contributed by atoms with van der Waals surface area (Å²) in [5.74, 6) is 0.0124. The molecule has 0 aliphatic heterocycles. The molecule has 15 heavy (non-hydrogen) atoms. The molecule has 1 amide bonds. The van der Waals surface area contributed by atoms with Gasteiger partial charge in [-0.25, -0.2) is 0 Å². The molecule has 4 heteroatoms. The minimum Gasteiger partial charge on any atom is -0.337 e. The smallest absolute Gasteiger partial charge is 0.239 e. The second kappa shape index (κ2) is 5.28. The summed E-state index contributed by atoms with van der Waals surface area (Å²) >= 11 is 1.66. The highest BCUT2D eigenvalue weighted by molar-refractivity contribution is 7.10. The average Bonchev–Trinajstić information content (AvgIpc) is 2.78. The van der Waals surface area contributed by atoms with Crippen LogP contribution in [-0.4, -0.2) is 23.9 Å². The van der Waals surface area contributed by atoms with Crippen LogP contribution in [0.2, 0.25) is 0 Å². The molecule has 1 aromatic rings. The van der Waals surface area contributed by atoms with Crippen molar-refractivity contribution < 1.29 is 4.79 Å². The highest BCUT2D eigenvalue weighted by Crippen LogP contribution is 2.23. The molecule has 0 radical (unpaired) electrons. The number of likely N-dealkylation sites (N-methyl/N-ethyl adjacent to an activating group) is 1. The summed E-state index contributed by atoms with van der Waals surface area (Å²) in [6, 6.07) is 3.76. The monoisotopic (exact) mass is 226 g/mol. The molecule has 0 saturated heterocycles. The van der Waals surface area contributed by atoms with E-state index in [1.54, 1.807) is 16.2 Å². The van der Waals surface area contributed by atoms with E-state index in [1.807, 2.05) is 38.4 Å². The van der Waals surface area contributed by atoms with Crippen molar-refractivity contribution in [1.29, 1.82) is 0 Å². The van der Waals surface area contributed by atoms with Gasteiger partial charge >= 0.3 is 0 Å². The number of hydrogen-bond acceptors (Lipinski definition) is 3. The maximum Gasteiger partial charge on any atom is 0.239 e. The Hall–Kier alpha value is -0.870. The van der Waals surface area contributed by atoms with E-state index < -0.39 is 0 Å². The molecular formula is C11H18N2OS. The van der Waals surface area contributed by atoms with Gasteiger partial charge in [-0.3, -0.25) is 4.79 Å². The summed E-state index contributed by atoms with van der Waals surface area (Å²) in [5, 5.41) is 2.02. The lowest BCUT2D eigenvalue weighted by atomic mass is 10.1. The Bertz CT molecular complexity index is 310. The van der Waals surface area contributed by atoms with Crippen molar-refractivity contribution in [1.82, 2.24) is 4.90 Å². The Labute approximate surface area is 94.9 Å². The molecule has 84 valence electrons. The van der Waals surface area contributed by atoms with Crippen molar-refractivity contribution >= 4 is 17.2 Å². The van der Waals surface area contributed by atoms with Crippen LogP contribution in [0, 0.1) is 0 Å². The van der Waals surface area contributed by atoms with E-state index >= 15 is 0 Å². The van der Waals surface area contributed by atoms with Crippen LogP contribution in [-0.2, 0) is 4.79 Å². The number of thiophene rings is 1. The molecule has 0 spiro atoms.